The van der Waals surface area contributed by atoms with Crippen LogP contribution in [0, 0.1) is 5.92 Å². The number of carbonyl (C=O) groups is 4. The second-order valence-corrected chi connectivity index (χ2v) is 10.4. The molecule has 10 nitrogen and oxygen atoms in total. The fourth-order valence-electron chi connectivity index (χ4n) is 4.56. The fourth-order valence-corrected chi connectivity index (χ4v) is 4.56. The van der Waals surface area contributed by atoms with Crippen molar-refractivity contribution in [3.05, 3.63) is 65.7 Å². The highest BCUT2D eigenvalue weighted by Gasteiger charge is 2.32. The van der Waals surface area contributed by atoms with Gasteiger partial charge < -0.3 is 31.5 Å². The molecule has 1 aliphatic heterocycles. The molecule has 1 saturated heterocycles. The van der Waals surface area contributed by atoms with Gasteiger partial charge in [0.15, 0.2) is 0 Å². The standard InChI is InChI=1S/C29H38N4O6/c1-18(2)15-23(31-26(35)22-9-6-14-30-22)27(36)32-24(16-20-10-12-21(34)13-11-20)28(37)33-25(29(38)39)17-19-7-4-3-5-8-19/h3-5,7-8,10-13,18,22-25,30,34H,6,9,14-17H2,1-2H3,(H,31,35)(H,32,36)(H,33,37)(H,38,39). The number of hydrogen-bond donors (Lipinski definition) is 6. The van der Waals surface area contributed by atoms with E-state index in [0.717, 1.165) is 18.5 Å². The Morgan fingerprint density at radius 3 is 2.03 bits per heavy atom. The molecule has 4 atom stereocenters. The van der Waals surface area contributed by atoms with Gasteiger partial charge in [-0.3, -0.25) is 14.4 Å². The smallest absolute Gasteiger partial charge is 0.326 e. The molecule has 1 fully saturated rings. The van der Waals surface area contributed by atoms with Crippen LogP contribution in [0.3, 0.4) is 0 Å². The number of aliphatic carboxylic acids is 1. The van der Waals surface area contributed by atoms with E-state index in [1.807, 2.05) is 19.9 Å². The Labute approximate surface area is 228 Å². The van der Waals surface area contributed by atoms with Crippen LogP contribution < -0.4 is 21.3 Å². The van der Waals surface area contributed by atoms with Crippen molar-refractivity contribution in [2.75, 3.05) is 6.54 Å². The van der Waals surface area contributed by atoms with E-state index >= 15 is 0 Å². The van der Waals surface area contributed by atoms with Gasteiger partial charge in [0.2, 0.25) is 17.7 Å². The number of nitrogens with one attached hydrogen (secondary N) is 4. The Morgan fingerprint density at radius 2 is 1.44 bits per heavy atom. The summed E-state index contributed by atoms with van der Waals surface area (Å²) in [6, 6.07) is 11.6. The molecule has 2 aromatic rings. The maximum atomic E-state index is 13.4. The molecule has 0 aliphatic carbocycles. The zero-order valence-electron chi connectivity index (χ0n) is 22.4. The summed E-state index contributed by atoms with van der Waals surface area (Å²) in [7, 11) is 0. The topological polar surface area (TPSA) is 157 Å². The van der Waals surface area contributed by atoms with Crippen molar-refractivity contribution in [1.82, 2.24) is 21.3 Å². The van der Waals surface area contributed by atoms with Crippen molar-refractivity contribution >= 4 is 23.7 Å². The average molecular weight is 539 g/mol. The molecule has 4 unspecified atom stereocenters. The molecule has 10 heteroatoms. The maximum Gasteiger partial charge on any atom is 0.326 e. The lowest BCUT2D eigenvalue weighted by molar-refractivity contribution is -0.142. The van der Waals surface area contributed by atoms with E-state index in [-0.39, 0.29) is 36.5 Å². The van der Waals surface area contributed by atoms with Crippen LogP contribution in [0.4, 0.5) is 0 Å². The lowest BCUT2D eigenvalue weighted by atomic mass is 10.00. The Bertz CT molecular complexity index is 1120. The second kappa shape index (κ2) is 14.3. The molecule has 0 radical (unpaired) electrons. The van der Waals surface area contributed by atoms with E-state index in [1.54, 1.807) is 36.4 Å². The van der Waals surface area contributed by atoms with Gasteiger partial charge in [-0.15, -0.1) is 0 Å². The fraction of sp³-hybridized carbons (Fsp3) is 0.448. The summed E-state index contributed by atoms with van der Waals surface area (Å²) in [6.45, 7) is 4.60. The third-order valence-electron chi connectivity index (χ3n) is 6.62. The minimum Gasteiger partial charge on any atom is -0.508 e. The van der Waals surface area contributed by atoms with Gasteiger partial charge in [-0.1, -0.05) is 56.3 Å². The first-order valence-electron chi connectivity index (χ1n) is 13.3. The van der Waals surface area contributed by atoms with Gasteiger partial charge in [-0.05, 0) is 55.0 Å². The summed E-state index contributed by atoms with van der Waals surface area (Å²) in [5.74, 6) is -2.50. The predicted molar refractivity (Wildman–Crippen MR) is 146 cm³/mol. The molecule has 0 spiro atoms. The van der Waals surface area contributed by atoms with Gasteiger partial charge >= 0.3 is 5.97 Å². The summed E-state index contributed by atoms with van der Waals surface area (Å²) in [4.78, 5) is 51.5. The van der Waals surface area contributed by atoms with Crippen LogP contribution in [0.5, 0.6) is 5.75 Å². The highest BCUT2D eigenvalue weighted by atomic mass is 16.4. The van der Waals surface area contributed by atoms with Crippen LogP contribution in [0.2, 0.25) is 0 Å². The van der Waals surface area contributed by atoms with Gasteiger partial charge in [0, 0.05) is 12.8 Å². The van der Waals surface area contributed by atoms with E-state index in [9.17, 15) is 29.4 Å². The molecule has 3 rings (SSSR count). The molecule has 39 heavy (non-hydrogen) atoms. The number of carboxylic acids is 1. The number of hydrogen-bond acceptors (Lipinski definition) is 6. The minimum atomic E-state index is -1.21. The Morgan fingerprint density at radius 1 is 0.846 bits per heavy atom. The minimum absolute atomic E-state index is 0.0535. The quantitative estimate of drug-likeness (QED) is 0.226. The van der Waals surface area contributed by atoms with Crippen LogP contribution in [0.15, 0.2) is 54.6 Å². The maximum absolute atomic E-state index is 13.4. The van der Waals surface area contributed by atoms with Crippen LogP contribution in [0.1, 0.15) is 44.2 Å². The average Bonchev–Trinajstić information content (AvgIpc) is 3.44. The number of rotatable bonds is 13. The number of phenolic OH excluding ortho intramolecular Hbond substituents is 1. The van der Waals surface area contributed by atoms with Crippen molar-refractivity contribution in [2.45, 2.75) is 70.1 Å². The van der Waals surface area contributed by atoms with Crippen LogP contribution in [-0.4, -0.2) is 64.6 Å². The van der Waals surface area contributed by atoms with Gasteiger partial charge in [-0.25, -0.2) is 4.79 Å². The number of amides is 3. The number of carboxylic acid groups (broad SMARTS) is 1. The largest absolute Gasteiger partial charge is 0.508 e. The molecule has 6 N–H and O–H groups in total. The van der Waals surface area contributed by atoms with E-state index in [4.69, 9.17) is 0 Å². The van der Waals surface area contributed by atoms with Gasteiger partial charge in [-0.2, -0.15) is 0 Å². The number of carbonyl (C=O) groups excluding carboxylic acids is 3. The van der Waals surface area contributed by atoms with Crippen LogP contribution in [0.25, 0.3) is 0 Å². The monoisotopic (exact) mass is 538 g/mol. The molecule has 210 valence electrons. The van der Waals surface area contributed by atoms with Gasteiger partial charge in [0.1, 0.15) is 23.9 Å². The summed E-state index contributed by atoms with van der Waals surface area (Å²) < 4.78 is 0. The first-order valence-corrected chi connectivity index (χ1v) is 13.3. The second-order valence-electron chi connectivity index (χ2n) is 10.4. The van der Waals surface area contributed by atoms with Crippen molar-refractivity contribution < 1.29 is 29.4 Å². The van der Waals surface area contributed by atoms with E-state index in [2.05, 4.69) is 21.3 Å². The third kappa shape index (κ3) is 9.40. The molecule has 3 amide bonds. The molecule has 1 aliphatic rings. The van der Waals surface area contributed by atoms with E-state index in [1.165, 1.54) is 12.1 Å². The van der Waals surface area contributed by atoms with Crippen molar-refractivity contribution in [3.8, 4) is 5.75 Å². The van der Waals surface area contributed by atoms with E-state index < -0.39 is 35.9 Å². The lowest BCUT2D eigenvalue weighted by Gasteiger charge is -2.26. The summed E-state index contributed by atoms with van der Waals surface area (Å²) in [6.07, 6.45) is 2.06. The molecule has 1 heterocycles. The molecular formula is C29H38N4O6. The van der Waals surface area contributed by atoms with Crippen LogP contribution in [-0.2, 0) is 32.0 Å². The lowest BCUT2D eigenvalue weighted by Crippen LogP contribution is -2.58. The Balaban J connectivity index is 1.78. The summed E-state index contributed by atoms with van der Waals surface area (Å²) in [5, 5.41) is 30.7. The van der Waals surface area contributed by atoms with Crippen molar-refractivity contribution in [3.63, 3.8) is 0 Å². The predicted octanol–water partition coefficient (Wildman–Crippen LogP) is 1.51. The number of benzene rings is 2. The Hall–Kier alpha value is -3.92. The molecule has 0 saturated carbocycles. The highest BCUT2D eigenvalue weighted by Crippen LogP contribution is 2.14. The molecule has 0 aromatic heterocycles. The zero-order valence-corrected chi connectivity index (χ0v) is 22.4. The van der Waals surface area contributed by atoms with Crippen molar-refractivity contribution in [2.24, 2.45) is 5.92 Å². The SMILES string of the molecule is CC(C)CC(NC(=O)C1CCCN1)C(=O)NC(Cc1ccc(O)cc1)C(=O)NC(Cc1ccccc1)C(=O)O. The first-order chi connectivity index (χ1) is 18.6. The molecule has 0 bridgehead atoms. The molecule has 2 aromatic carbocycles. The van der Waals surface area contributed by atoms with Gasteiger partial charge in [0.05, 0.1) is 6.04 Å². The Kier molecular flexibility index (Phi) is 10.9. The number of phenols is 1. The zero-order chi connectivity index (χ0) is 28.4. The highest BCUT2D eigenvalue weighted by molar-refractivity contribution is 5.94. The first kappa shape index (κ1) is 29.6. The molecular weight excluding hydrogens is 500 g/mol. The van der Waals surface area contributed by atoms with Gasteiger partial charge in [0.25, 0.3) is 0 Å². The summed E-state index contributed by atoms with van der Waals surface area (Å²) in [5.41, 5.74) is 1.40. The summed E-state index contributed by atoms with van der Waals surface area (Å²) >= 11 is 0. The van der Waals surface area contributed by atoms with Crippen LogP contribution >= 0.6 is 0 Å². The number of aromatic hydroxyl groups is 1. The van der Waals surface area contributed by atoms with Crippen molar-refractivity contribution in [1.29, 1.82) is 0 Å². The normalized spacial score (nSPS) is 17.2. The third-order valence-corrected chi connectivity index (χ3v) is 6.62. The van der Waals surface area contributed by atoms with E-state index in [0.29, 0.717) is 18.4 Å².